The molecule has 1 N–H and O–H groups in total. The van der Waals surface area contributed by atoms with Crippen LogP contribution >= 0.6 is 0 Å². The smallest absolute Gasteiger partial charge is 0.122 e. The molecule has 0 radical (unpaired) electrons. The molecule has 21 heavy (non-hydrogen) atoms. The van der Waals surface area contributed by atoms with Crippen LogP contribution in [0.2, 0.25) is 0 Å². The molecule has 0 spiro atoms. The second-order valence-electron chi connectivity index (χ2n) is 4.86. The van der Waals surface area contributed by atoms with E-state index in [1.165, 1.54) is 11.1 Å². The average molecular weight is 285 g/mol. The van der Waals surface area contributed by atoms with E-state index >= 15 is 0 Å². The Morgan fingerprint density at radius 2 is 1.76 bits per heavy atom. The van der Waals surface area contributed by atoms with Crippen LogP contribution in [0.25, 0.3) is 0 Å². The molecular formula is C18H23NO2. The summed E-state index contributed by atoms with van der Waals surface area (Å²) in [7, 11) is 3.70. The van der Waals surface area contributed by atoms with Gasteiger partial charge in [-0.25, -0.2) is 0 Å². The Hall–Kier alpha value is -2.00. The van der Waals surface area contributed by atoms with Gasteiger partial charge >= 0.3 is 0 Å². The van der Waals surface area contributed by atoms with Gasteiger partial charge in [-0.15, -0.1) is 0 Å². The lowest BCUT2D eigenvalue weighted by atomic mass is 9.98. The summed E-state index contributed by atoms with van der Waals surface area (Å²) in [6, 6.07) is 16.7. The van der Waals surface area contributed by atoms with Crippen LogP contribution in [0, 0.1) is 0 Å². The molecule has 3 heteroatoms. The van der Waals surface area contributed by atoms with Gasteiger partial charge in [-0.05, 0) is 49.7 Å². The number of hydrogen-bond donors (Lipinski definition) is 1. The van der Waals surface area contributed by atoms with Crippen LogP contribution in [-0.2, 0) is 6.42 Å². The second kappa shape index (κ2) is 7.70. The molecule has 0 saturated carbocycles. The minimum Gasteiger partial charge on any atom is -0.496 e. The summed E-state index contributed by atoms with van der Waals surface area (Å²) in [6.45, 7) is 2.68. The van der Waals surface area contributed by atoms with Crippen molar-refractivity contribution in [1.29, 1.82) is 0 Å². The fourth-order valence-corrected chi connectivity index (χ4v) is 2.44. The van der Waals surface area contributed by atoms with Gasteiger partial charge in [0.05, 0.1) is 13.7 Å². The van der Waals surface area contributed by atoms with E-state index in [2.05, 4.69) is 23.5 Å². The minimum atomic E-state index is 0.247. The fourth-order valence-electron chi connectivity index (χ4n) is 2.44. The molecule has 2 aromatic carbocycles. The van der Waals surface area contributed by atoms with Gasteiger partial charge in [0.15, 0.2) is 0 Å². The van der Waals surface area contributed by atoms with E-state index in [0.717, 1.165) is 17.9 Å². The third kappa shape index (κ3) is 3.99. The molecule has 0 aromatic heterocycles. The lowest BCUT2D eigenvalue weighted by molar-refractivity contribution is 0.340. The highest BCUT2D eigenvalue weighted by molar-refractivity contribution is 5.36. The maximum Gasteiger partial charge on any atom is 0.122 e. The van der Waals surface area contributed by atoms with Gasteiger partial charge < -0.3 is 14.8 Å². The van der Waals surface area contributed by atoms with Crippen molar-refractivity contribution < 1.29 is 9.47 Å². The lowest BCUT2D eigenvalue weighted by Gasteiger charge is -2.18. The molecule has 112 valence electrons. The highest BCUT2D eigenvalue weighted by Crippen LogP contribution is 2.25. The minimum absolute atomic E-state index is 0.247. The van der Waals surface area contributed by atoms with Gasteiger partial charge in [0, 0.05) is 6.04 Å². The number of methoxy groups -OCH3 is 1. The molecule has 1 atom stereocenters. The molecule has 1 unspecified atom stereocenters. The molecular weight excluding hydrogens is 262 g/mol. The molecule has 0 bridgehead atoms. The Bertz CT molecular complexity index is 551. The zero-order valence-electron chi connectivity index (χ0n) is 12.9. The largest absolute Gasteiger partial charge is 0.496 e. The Morgan fingerprint density at radius 1 is 1.05 bits per heavy atom. The van der Waals surface area contributed by atoms with Crippen molar-refractivity contribution in [2.75, 3.05) is 20.8 Å². The first-order chi connectivity index (χ1) is 10.3. The monoisotopic (exact) mass is 285 g/mol. The standard InChI is InChI=1S/C18H23NO2/c1-4-21-16-11-9-14(10-12-16)17(19-2)13-15-7-5-6-8-18(15)20-3/h5-12,17,19H,4,13H2,1-3H3. The number of para-hydroxylation sites is 1. The molecule has 0 fully saturated rings. The summed E-state index contributed by atoms with van der Waals surface area (Å²) in [6.07, 6.45) is 0.883. The second-order valence-corrected chi connectivity index (χ2v) is 4.86. The van der Waals surface area contributed by atoms with E-state index in [9.17, 15) is 0 Å². The first kappa shape index (κ1) is 15.4. The highest BCUT2D eigenvalue weighted by atomic mass is 16.5. The van der Waals surface area contributed by atoms with E-state index in [-0.39, 0.29) is 6.04 Å². The Labute approximate surface area is 126 Å². The molecule has 2 rings (SSSR count). The number of rotatable bonds is 7. The maximum atomic E-state index is 5.49. The van der Waals surface area contributed by atoms with Crippen molar-refractivity contribution in [2.45, 2.75) is 19.4 Å². The normalized spacial score (nSPS) is 12.0. The molecule has 0 heterocycles. The van der Waals surface area contributed by atoms with Crippen LogP contribution in [0.5, 0.6) is 11.5 Å². The maximum absolute atomic E-state index is 5.49. The Morgan fingerprint density at radius 3 is 2.38 bits per heavy atom. The summed E-state index contributed by atoms with van der Waals surface area (Å²) >= 11 is 0. The third-order valence-electron chi connectivity index (χ3n) is 3.56. The van der Waals surface area contributed by atoms with Crippen molar-refractivity contribution in [3.05, 3.63) is 59.7 Å². The number of nitrogens with one attached hydrogen (secondary N) is 1. The van der Waals surface area contributed by atoms with Crippen LogP contribution in [0.1, 0.15) is 24.1 Å². The summed E-state index contributed by atoms with van der Waals surface area (Å²) in [4.78, 5) is 0. The van der Waals surface area contributed by atoms with Crippen LogP contribution in [0.4, 0.5) is 0 Å². The van der Waals surface area contributed by atoms with Crippen LogP contribution in [0.15, 0.2) is 48.5 Å². The van der Waals surface area contributed by atoms with Gasteiger partial charge in [0.2, 0.25) is 0 Å². The van der Waals surface area contributed by atoms with Crippen molar-refractivity contribution in [2.24, 2.45) is 0 Å². The van der Waals surface area contributed by atoms with Crippen LogP contribution < -0.4 is 14.8 Å². The summed E-state index contributed by atoms with van der Waals surface area (Å²) < 4.78 is 10.9. The van der Waals surface area contributed by atoms with Crippen LogP contribution in [-0.4, -0.2) is 20.8 Å². The molecule has 0 amide bonds. The van der Waals surface area contributed by atoms with Crippen molar-refractivity contribution in [3.8, 4) is 11.5 Å². The number of hydrogen-bond acceptors (Lipinski definition) is 3. The first-order valence-corrected chi connectivity index (χ1v) is 7.30. The molecule has 0 saturated heterocycles. The summed E-state index contributed by atoms with van der Waals surface area (Å²) in [5.74, 6) is 1.84. The molecule has 3 nitrogen and oxygen atoms in total. The SMILES string of the molecule is CCOc1ccc(C(Cc2ccccc2OC)NC)cc1. The number of likely N-dealkylation sites (N-methyl/N-ethyl adjacent to an activating group) is 1. The van der Waals surface area contributed by atoms with Gasteiger partial charge in [-0.1, -0.05) is 30.3 Å². The Kier molecular flexibility index (Phi) is 5.64. The highest BCUT2D eigenvalue weighted by Gasteiger charge is 2.13. The number of benzene rings is 2. The van der Waals surface area contributed by atoms with Crippen LogP contribution in [0.3, 0.4) is 0 Å². The lowest BCUT2D eigenvalue weighted by Crippen LogP contribution is -2.19. The van der Waals surface area contributed by atoms with Gasteiger partial charge in [-0.2, -0.15) is 0 Å². The zero-order valence-corrected chi connectivity index (χ0v) is 12.9. The van der Waals surface area contributed by atoms with Crippen molar-refractivity contribution >= 4 is 0 Å². The van der Waals surface area contributed by atoms with E-state index < -0.39 is 0 Å². The van der Waals surface area contributed by atoms with Gasteiger partial charge in [0.25, 0.3) is 0 Å². The molecule has 2 aromatic rings. The average Bonchev–Trinajstić information content (AvgIpc) is 2.54. The molecule has 0 aliphatic rings. The third-order valence-corrected chi connectivity index (χ3v) is 3.56. The summed E-state index contributed by atoms with van der Waals surface area (Å²) in [5, 5.41) is 3.37. The predicted octanol–water partition coefficient (Wildman–Crippen LogP) is 3.60. The Balaban J connectivity index is 2.15. The van der Waals surface area contributed by atoms with E-state index in [4.69, 9.17) is 9.47 Å². The van der Waals surface area contributed by atoms with Gasteiger partial charge in [-0.3, -0.25) is 0 Å². The van der Waals surface area contributed by atoms with E-state index in [1.54, 1.807) is 7.11 Å². The van der Waals surface area contributed by atoms with E-state index in [1.807, 2.05) is 44.3 Å². The summed E-state index contributed by atoms with van der Waals surface area (Å²) in [5.41, 5.74) is 2.44. The van der Waals surface area contributed by atoms with E-state index in [0.29, 0.717) is 6.61 Å². The predicted molar refractivity (Wildman–Crippen MR) is 86.1 cm³/mol. The fraction of sp³-hybridized carbons (Fsp3) is 0.333. The molecule has 0 aliphatic heterocycles. The first-order valence-electron chi connectivity index (χ1n) is 7.30. The van der Waals surface area contributed by atoms with Crippen molar-refractivity contribution in [1.82, 2.24) is 5.32 Å². The molecule has 0 aliphatic carbocycles. The zero-order chi connectivity index (χ0) is 15.1. The quantitative estimate of drug-likeness (QED) is 0.843. The van der Waals surface area contributed by atoms with Gasteiger partial charge in [0.1, 0.15) is 11.5 Å². The topological polar surface area (TPSA) is 30.5 Å². The van der Waals surface area contributed by atoms with Crippen molar-refractivity contribution in [3.63, 3.8) is 0 Å². The number of ether oxygens (including phenoxy) is 2.